The number of nitrogens with zero attached hydrogens (tertiary/aromatic N) is 3. The third-order valence-corrected chi connectivity index (χ3v) is 5.26. The van der Waals surface area contributed by atoms with Crippen molar-refractivity contribution in [2.45, 2.75) is 13.0 Å². The Hall–Kier alpha value is -2.21. The number of aliphatic hydroxyl groups excluding tert-OH is 2. The van der Waals surface area contributed by atoms with Crippen LogP contribution in [0.25, 0.3) is 16.8 Å². The first-order valence-corrected chi connectivity index (χ1v) is 8.70. The van der Waals surface area contributed by atoms with Crippen molar-refractivity contribution in [3.05, 3.63) is 60.3 Å². The number of fused-ring (bicyclic) bond motifs is 1. The van der Waals surface area contributed by atoms with Gasteiger partial charge >= 0.3 is 0 Å². The van der Waals surface area contributed by atoms with Gasteiger partial charge in [-0.2, -0.15) is 5.10 Å². The van der Waals surface area contributed by atoms with Crippen LogP contribution in [0.1, 0.15) is 12.0 Å². The summed E-state index contributed by atoms with van der Waals surface area (Å²) in [6.45, 7) is 2.40. The summed E-state index contributed by atoms with van der Waals surface area (Å²) in [6, 6.07) is 16.3. The lowest BCUT2D eigenvalue weighted by atomic mass is 9.89. The zero-order chi connectivity index (χ0) is 17.3. The molecule has 0 unspecified atom stereocenters. The quantitative estimate of drug-likeness (QED) is 0.749. The molecule has 1 fully saturated rings. The van der Waals surface area contributed by atoms with Crippen molar-refractivity contribution in [3.8, 4) is 11.3 Å². The summed E-state index contributed by atoms with van der Waals surface area (Å²) in [5.41, 5.74) is 4.02. The van der Waals surface area contributed by atoms with E-state index in [2.05, 4.69) is 23.1 Å². The molecule has 0 atom stereocenters. The summed E-state index contributed by atoms with van der Waals surface area (Å²) in [5.74, 6) is 0. The van der Waals surface area contributed by atoms with Crippen molar-refractivity contribution in [1.82, 2.24) is 14.5 Å². The van der Waals surface area contributed by atoms with E-state index in [1.807, 2.05) is 41.0 Å². The molecule has 0 aliphatic carbocycles. The summed E-state index contributed by atoms with van der Waals surface area (Å²) < 4.78 is 1.93. The lowest BCUT2D eigenvalue weighted by Crippen LogP contribution is -2.33. The van der Waals surface area contributed by atoms with E-state index in [1.54, 1.807) is 0 Å². The van der Waals surface area contributed by atoms with Crippen LogP contribution in [0.5, 0.6) is 0 Å². The van der Waals surface area contributed by atoms with Crippen molar-refractivity contribution in [2.24, 2.45) is 5.41 Å². The molecule has 25 heavy (non-hydrogen) atoms. The van der Waals surface area contributed by atoms with Crippen LogP contribution < -0.4 is 0 Å². The maximum Gasteiger partial charge on any atom is 0.0978 e. The van der Waals surface area contributed by atoms with Gasteiger partial charge in [0.15, 0.2) is 0 Å². The fraction of sp³-hybridized carbons (Fsp3) is 0.350. The number of pyridine rings is 1. The van der Waals surface area contributed by atoms with E-state index < -0.39 is 0 Å². The van der Waals surface area contributed by atoms with Crippen molar-refractivity contribution >= 4 is 5.52 Å². The maximum absolute atomic E-state index is 9.66. The Bertz CT molecular complexity index is 856. The van der Waals surface area contributed by atoms with E-state index in [4.69, 9.17) is 5.10 Å². The van der Waals surface area contributed by atoms with Crippen molar-refractivity contribution < 1.29 is 10.2 Å². The van der Waals surface area contributed by atoms with Gasteiger partial charge in [0.1, 0.15) is 0 Å². The van der Waals surface area contributed by atoms with Crippen LogP contribution in [0.2, 0.25) is 0 Å². The topological polar surface area (TPSA) is 61.0 Å². The van der Waals surface area contributed by atoms with Gasteiger partial charge in [-0.15, -0.1) is 0 Å². The van der Waals surface area contributed by atoms with E-state index in [9.17, 15) is 10.2 Å². The molecule has 0 amide bonds. The number of rotatable bonds is 5. The van der Waals surface area contributed by atoms with Gasteiger partial charge in [-0.1, -0.05) is 36.4 Å². The highest BCUT2D eigenvalue weighted by atomic mass is 16.3. The largest absolute Gasteiger partial charge is 0.396 e. The van der Waals surface area contributed by atoms with Crippen LogP contribution in [0.15, 0.2) is 54.7 Å². The predicted octanol–water partition coefficient (Wildman–Crippen LogP) is 2.18. The Morgan fingerprint density at radius 1 is 1.00 bits per heavy atom. The molecule has 3 heterocycles. The van der Waals surface area contributed by atoms with Gasteiger partial charge in [0.2, 0.25) is 0 Å². The first kappa shape index (κ1) is 16.3. The van der Waals surface area contributed by atoms with Gasteiger partial charge in [-0.3, -0.25) is 4.90 Å². The van der Waals surface area contributed by atoms with Crippen molar-refractivity contribution in [2.75, 3.05) is 26.3 Å². The second kappa shape index (κ2) is 6.59. The molecule has 5 nitrogen and oxygen atoms in total. The Morgan fingerprint density at radius 2 is 1.76 bits per heavy atom. The maximum atomic E-state index is 9.66. The molecule has 2 N–H and O–H groups in total. The third kappa shape index (κ3) is 2.95. The van der Waals surface area contributed by atoms with Crippen molar-refractivity contribution in [3.63, 3.8) is 0 Å². The van der Waals surface area contributed by atoms with Gasteiger partial charge in [0.05, 0.1) is 24.4 Å². The van der Waals surface area contributed by atoms with Gasteiger partial charge in [-0.05, 0) is 25.1 Å². The van der Waals surface area contributed by atoms with E-state index in [-0.39, 0.29) is 18.6 Å². The third-order valence-electron chi connectivity index (χ3n) is 5.26. The Kier molecular flexibility index (Phi) is 4.29. The van der Waals surface area contributed by atoms with E-state index in [1.165, 1.54) is 5.56 Å². The van der Waals surface area contributed by atoms with Gasteiger partial charge in [0.25, 0.3) is 0 Å². The second-order valence-electron chi connectivity index (χ2n) is 7.00. The van der Waals surface area contributed by atoms with Crippen LogP contribution in [0.3, 0.4) is 0 Å². The van der Waals surface area contributed by atoms with Crippen LogP contribution >= 0.6 is 0 Å². The highest BCUT2D eigenvalue weighted by Crippen LogP contribution is 2.33. The average Bonchev–Trinajstić information content (AvgIpc) is 3.25. The Morgan fingerprint density at radius 3 is 2.48 bits per heavy atom. The summed E-state index contributed by atoms with van der Waals surface area (Å²) in [5, 5.41) is 24.1. The molecule has 0 radical (unpaired) electrons. The molecule has 0 saturated carbocycles. The minimum Gasteiger partial charge on any atom is -0.396 e. The average molecular weight is 337 g/mol. The molecule has 0 bridgehead atoms. The zero-order valence-electron chi connectivity index (χ0n) is 14.2. The normalized spacial score (nSPS) is 17.4. The minimum absolute atomic E-state index is 0.0281. The summed E-state index contributed by atoms with van der Waals surface area (Å²) in [7, 11) is 0. The standard InChI is InChI=1S/C20H23N3O2/c24-14-20(15-25)9-11-22(13-20)12-17-18-8-4-5-10-23(18)21-19(17)16-6-2-1-3-7-16/h1-8,10,24-25H,9,11-15H2. The van der Waals surface area contributed by atoms with Gasteiger partial charge < -0.3 is 10.2 Å². The highest BCUT2D eigenvalue weighted by molar-refractivity contribution is 5.72. The van der Waals surface area contributed by atoms with Crippen LogP contribution in [-0.4, -0.2) is 51.0 Å². The molecule has 4 rings (SSSR count). The van der Waals surface area contributed by atoms with Crippen LogP contribution in [-0.2, 0) is 6.54 Å². The summed E-state index contributed by atoms with van der Waals surface area (Å²) in [4.78, 5) is 2.31. The van der Waals surface area contributed by atoms with Gasteiger partial charge in [-0.25, -0.2) is 4.52 Å². The number of aliphatic hydroxyl groups is 2. The zero-order valence-corrected chi connectivity index (χ0v) is 14.2. The van der Waals surface area contributed by atoms with E-state index in [0.29, 0.717) is 6.54 Å². The number of likely N-dealkylation sites (tertiary alicyclic amines) is 1. The highest BCUT2D eigenvalue weighted by Gasteiger charge is 2.37. The minimum atomic E-state index is -0.379. The number of hydrogen-bond acceptors (Lipinski definition) is 4. The molecule has 1 aliphatic rings. The van der Waals surface area contributed by atoms with Crippen LogP contribution in [0.4, 0.5) is 0 Å². The monoisotopic (exact) mass is 337 g/mol. The molecule has 1 saturated heterocycles. The molecule has 130 valence electrons. The van der Waals surface area contributed by atoms with Crippen molar-refractivity contribution in [1.29, 1.82) is 0 Å². The van der Waals surface area contributed by atoms with Gasteiger partial charge in [0, 0.05) is 35.8 Å². The molecule has 0 spiro atoms. The summed E-state index contributed by atoms with van der Waals surface area (Å²) >= 11 is 0. The molecule has 1 aliphatic heterocycles. The molecular formula is C20H23N3O2. The number of aromatic nitrogens is 2. The molecular weight excluding hydrogens is 314 g/mol. The molecule has 1 aromatic carbocycles. The Balaban J connectivity index is 1.71. The second-order valence-corrected chi connectivity index (χ2v) is 7.00. The lowest BCUT2D eigenvalue weighted by molar-refractivity contribution is 0.0607. The number of hydrogen-bond donors (Lipinski definition) is 2. The Labute approximate surface area is 147 Å². The van der Waals surface area contributed by atoms with E-state index >= 15 is 0 Å². The SMILES string of the molecule is OCC1(CO)CCN(Cc2c(-c3ccccc3)nn3ccccc23)C1. The van der Waals surface area contributed by atoms with Crippen LogP contribution in [0, 0.1) is 5.41 Å². The summed E-state index contributed by atoms with van der Waals surface area (Å²) in [6.07, 6.45) is 2.79. The first-order valence-electron chi connectivity index (χ1n) is 8.70. The smallest absolute Gasteiger partial charge is 0.0978 e. The fourth-order valence-electron chi connectivity index (χ4n) is 3.73. The molecule has 5 heteroatoms. The number of benzene rings is 1. The molecule has 3 aromatic rings. The lowest BCUT2D eigenvalue weighted by Gasteiger charge is -2.24. The predicted molar refractivity (Wildman–Crippen MR) is 97.1 cm³/mol. The first-order chi connectivity index (χ1) is 12.2. The van der Waals surface area contributed by atoms with E-state index in [0.717, 1.165) is 36.3 Å². The molecule has 2 aromatic heterocycles. The fourth-order valence-corrected chi connectivity index (χ4v) is 3.73.